The number of nitrogens with one attached hydrogen (secondary N) is 1. The average molecular weight is 236 g/mol. The van der Waals surface area contributed by atoms with E-state index in [2.05, 4.69) is 5.32 Å². The lowest BCUT2D eigenvalue weighted by Crippen LogP contribution is -1.99. The molecule has 82 valence electrons. The molecule has 0 bridgehead atoms. The molecule has 0 radical (unpaired) electrons. The molecule has 2 aromatic rings. The lowest BCUT2D eigenvalue weighted by Gasteiger charge is -2.08. The lowest BCUT2D eigenvalue weighted by molar-refractivity contribution is 0.628. The Morgan fingerprint density at radius 3 is 2.50 bits per heavy atom. The summed E-state index contributed by atoms with van der Waals surface area (Å²) < 4.78 is 12.8. The maximum atomic E-state index is 12.8. The van der Waals surface area contributed by atoms with Crippen LogP contribution in [0.15, 0.2) is 48.5 Å². The molecular formula is C13H11ClFN. The van der Waals surface area contributed by atoms with E-state index in [-0.39, 0.29) is 5.82 Å². The molecule has 0 aliphatic rings. The van der Waals surface area contributed by atoms with Gasteiger partial charge < -0.3 is 5.32 Å². The molecule has 0 spiro atoms. The molecule has 16 heavy (non-hydrogen) atoms. The van der Waals surface area contributed by atoms with E-state index >= 15 is 0 Å². The molecule has 0 heterocycles. The lowest BCUT2D eigenvalue weighted by atomic mass is 10.2. The van der Waals surface area contributed by atoms with Gasteiger partial charge in [0.2, 0.25) is 0 Å². The molecule has 0 saturated heterocycles. The first-order valence-corrected chi connectivity index (χ1v) is 5.36. The number of hydrogen-bond acceptors (Lipinski definition) is 1. The molecule has 2 rings (SSSR count). The first-order valence-electron chi connectivity index (χ1n) is 4.98. The van der Waals surface area contributed by atoms with E-state index in [1.54, 1.807) is 6.07 Å². The highest BCUT2D eigenvalue weighted by Gasteiger charge is 2.01. The summed E-state index contributed by atoms with van der Waals surface area (Å²) in [6.45, 7) is 0.673. The van der Waals surface area contributed by atoms with Crippen LogP contribution < -0.4 is 5.32 Å². The zero-order valence-corrected chi connectivity index (χ0v) is 9.34. The molecule has 3 heteroatoms. The Hall–Kier alpha value is -1.54. The van der Waals surface area contributed by atoms with Crippen LogP contribution in [-0.2, 0) is 6.54 Å². The summed E-state index contributed by atoms with van der Waals surface area (Å²) in [6.07, 6.45) is 0. The third-order valence-corrected chi connectivity index (χ3v) is 2.57. The molecule has 0 aliphatic carbocycles. The summed E-state index contributed by atoms with van der Waals surface area (Å²) in [5.74, 6) is -0.324. The van der Waals surface area contributed by atoms with Gasteiger partial charge in [0.25, 0.3) is 0 Å². The van der Waals surface area contributed by atoms with Crippen LogP contribution in [0, 0.1) is 5.82 Å². The van der Waals surface area contributed by atoms with Crippen molar-refractivity contribution >= 4 is 17.3 Å². The van der Waals surface area contributed by atoms with Crippen molar-refractivity contribution in [2.75, 3.05) is 5.32 Å². The van der Waals surface area contributed by atoms with Gasteiger partial charge >= 0.3 is 0 Å². The predicted molar refractivity (Wildman–Crippen MR) is 65.2 cm³/mol. The molecule has 0 atom stereocenters. The van der Waals surface area contributed by atoms with Crippen molar-refractivity contribution in [1.29, 1.82) is 0 Å². The first-order chi connectivity index (χ1) is 7.75. The number of anilines is 1. The second-order valence-corrected chi connectivity index (χ2v) is 3.87. The number of hydrogen-bond donors (Lipinski definition) is 1. The number of benzene rings is 2. The highest BCUT2D eigenvalue weighted by atomic mass is 35.5. The smallest absolute Gasteiger partial charge is 0.124 e. The second kappa shape index (κ2) is 4.99. The van der Waals surface area contributed by atoms with Crippen LogP contribution in [0.4, 0.5) is 10.1 Å². The minimum absolute atomic E-state index is 0.324. The van der Waals surface area contributed by atoms with Crippen LogP contribution >= 0.6 is 11.6 Å². The summed E-state index contributed by atoms with van der Waals surface area (Å²) in [4.78, 5) is 0. The van der Waals surface area contributed by atoms with Crippen LogP contribution in [-0.4, -0.2) is 0 Å². The fraction of sp³-hybridized carbons (Fsp3) is 0.0769. The minimum Gasteiger partial charge on any atom is -0.380 e. The van der Waals surface area contributed by atoms with E-state index in [1.165, 1.54) is 12.1 Å². The van der Waals surface area contributed by atoms with Crippen molar-refractivity contribution < 1.29 is 4.39 Å². The van der Waals surface area contributed by atoms with Crippen LogP contribution in [0.25, 0.3) is 0 Å². The Morgan fingerprint density at radius 1 is 1.06 bits per heavy atom. The fourth-order valence-electron chi connectivity index (χ4n) is 1.43. The Morgan fingerprint density at radius 2 is 1.81 bits per heavy atom. The van der Waals surface area contributed by atoms with Crippen molar-refractivity contribution in [2.45, 2.75) is 6.54 Å². The normalized spacial score (nSPS) is 10.1. The minimum atomic E-state index is -0.324. The fourth-order valence-corrected chi connectivity index (χ4v) is 1.66. The van der Waals surface area contributed by atoms with E-state index in [4.69, 9.17) is 11.6 Å². The molecule has 1 nitrogen and oxygen atoms in total. The van der Waals surface area contributed by atoms with Crippen molar-refractivity contribution in [2.24, 2.45) is 0 Å². The third-order valence-electron chi connectivity index (χ3n) is 2.26. The quantitative estimate of drug-likeness (QED) is 0.845. The van der Waals surface area contributed by atoms with Gasteiger partial charge in [0.1, 0.15) is 5.82 Å². The van der Waals surface area contributed by atoms with Crippen molar-refractivity contribution in [3.8, 4) is 0 Å². The van der Waals surface area contributed by atoms with Gasteiger partial charge in [-0.2, -0.15) is 0 Å². The molecule has 1 N–H and O–H groups in total. The van der Waals surface area contributed by atoms with E-state index in [0.717, 1.165) is 11.3 Å². The van der Waals surface area contributed by atoms with E-state index in [0.29, 0.717) is 11.6 Å². The predicted octanol–water partition coefficient (Wildman–Crippen LogP) is 4.09. The van der Waals surface area contributed by atoms with Crippen molar-refractivity contribution in [3.05, 3.63) is 64.9 Å². The third kappa shape index (κ3) is 2.74. The van der Waals surface area contributed by atoms with E-state index < -0.39 is 0 Å². The van der Waals surface area contributed by atoms with Gasteiger partial charge in [-0.25, -0.2) is 4.39 Å². The highest BCUT2D eigenvalue weighted by Crippen LogP contribution is 2.22. The summed E-state index contributed by atoms with van der Waals surface area (Å²) >= 11 is 5.89. The van der Waals surface area contributed by atoms with Gasteiger partial charge in [0.05, 0.1) is 10.7 Å². The Balaban J connectivity index is 2.05. The number of rotatable bonds is 3. The highest BCUT2D eigenvalue weighted by molar-refractivity contribution is 6.33. The van der Waals surface area contributed by atoms with Gasteiger partial charge in [-0.1, -0.05) is 41.9 Å². The van der Waals surface area contributed by atoms with Crippen molar-refractivity contribution in [1.82, 2.24) is 0 Å². The Kier molecular flexibility index (Phi) is 3.42. The molecule has 0 aliphatic heterocycles. The van der Waals surface area contributed by atoms with Crippen LogP contribution in [0.1, 0.15) is 5.56 Å². The van der Waals surface area contributed by atoms with Crippen LogP contribution in [0.5, 0.6) is 0 Å². The van der Waals surface area contributed by atoms with Crippen LogP contribution in [0.2, 0.25) is 5.02 Å². The molecular weight excluding hydrogens is 225 g/mol. The van der Waals surface area contributed by atoms with Crippen molar-refractivity contribution in [3.63, 3.8) is 0 Å². The molecule has 0 saturated carbocycles. The SMILES string of the molecule is Fc1ccc(NCc2ccccc2)c(Cl)c1. The Labute approximate surface area is 98.9 Å². The van der Waals surface area contributed by atoms with E-state index in [9.17, 15) is 4.39 Å². The molecule has 0 aromatic heterocycles. The molecule has 0 fully saturated rings. The second-order valence-electron chi connectivity index (χ2n) is 3.46. The Bertz CT molecular complexity index is 471. The topological polar surface area (TPSA) is 12.0 Å². The summed E-state index contributed by atoms with van der Waals surface area (Å²) in [5, 5.41) is 3.56. The van der Waals surface area contributed by atoms with E-state index in [1.807, 2.05) is 30.3 Å². The summed E-state index contributed by atoms with van der Waals surface area (Å²) in [6, 6.07) is 14.3. The average Bonchev–Trinajstić information content (AvgIpc) is 2.29. The largest absolute Gasteiger partial charge is 0.380 e. The molecule has 0 unspecified atom stereocenters. The van der Waals surface area contributed by atoms with Gasteiger partial charge in [0.15, 0.2) is 0 Å². The summed E-state index contributed by atoms with van der Waals surface area (Å²) in [7, 11) is 0. The zero-order chi connectivity index (χ0) is 11.4. The van der Waals surface area contributed by atoms with Crippen LogP contribution in [0.3, 0.4) is 0 Å². The zero-order valence-electron chi connectivity index (χ0n) is 8.58. The summed E-state index contributed by atoms with van der Waals surface area (Å²) in [5.41, 5.74) is 1.90. The van der Waals surface area contributed by atoms with Gasteiger partial charge in [0, 0.05) is 6.54 Å². The van der Waals surface area contributed by atoms with Gasteiger partial charge in [-0.3, -0.25) is 0 Å². The van der Waals surface area contributed by atoms with Gasteiger partial charge in [-0.15, -0.1) is 0 Å². The first kappa shape index (κ1) is 11.0. The maximum absolute atomic E-state index is 12.8. The monoisotopic (exact) mass is 235 g/mol. The molecule has 2 aromatic carbocycles. The standard InChI is InChI=1S/C13H11ClFN/c14-12-8-11(15)6-7-13(12)16-9-10-4-2-1-3-5-10/h1-8,16H,9H2. The number of halogens is 2. The molecule has 0 amide bonds. The maximum Gasteiger partial charge on any atom is 0.124 e. The van der Waals surface area contributed by atoms with Gasteiger partial charge in [-0.05, 0) is 23.8 Å².